The molecule has 0 radical (unpaired) electrons. The molecule has 39 heavy (non-hydrogen) atoms. The first kappa shape index (κ1) is 25.9. The van der Waals surface area contributed by atoms with E-state index in [1.54, 1.807) is 25.1 Å². The number of benzene rings is 2. The van der Waals surface area contributed by atoms with E-state index in [0.29, 0.717) is 33.4 Å². The number of amides is 1. The predicted molar refractivity (Wildman–Crippen MR) is 149 cm³/mol. The van der Waals surface area contributed by atoms with Crippen molar-refractivity contribution in [3.63, 3.8) is 0 Å². The molecule has 1 atom stereocenters. The van der Waals surface area contributed by atoms with Crippen LogP contribution in [0.15, 0.2) is 81.5 Å². The Labute approximate surface area is 228 Å². The summed E-state index contributed by atoms with van der Waals surface area (Å²) >= 11 is 6.53. The van der Waals surface area contributed by atoms with Gasteiger partial charge >= 0.3 is 12.0 Å². The molecule has 1 unspecified atom stereocenters. The third-order valence-electron chi connectivity index (χ3n) is 6.18. The van der Waals surface area contributed by atoms with Crippen LogP contribution in [0, 0.1) is 0 Å². The maximum atomic E-state index is 13.5. The van der Waals surface area contributed by atoms with Gasteiger partial charge in [-0.25, -0.2) is 14.8 Å². The van der Waals surface area contributed by atoms with Crippen LogP contribution in [0.2, 0.25) is 5.02 Å². The Morgan fingerprint density at radius 1 is 1.15 bits per heavy atom. The van der Waals surface area contributed by atoms with E-state index in [-0.39, 0.29) is 17.4 Å². The SMILES string of the molecule is CCCc1cccc2nc(NC3=NC(c4ccccc4Cl)C(C(=O)Nc4cc(C(=O)O)ccn4)=C(C)N3)oc12. The molecular formula is C28H25ClN6O4. The fourth-order valence-corrected chi connectivity index (χ4v) is 4.64. The van der Waals surface area contributed by atoms with E-state index in [9.17, 15) is 14.7 Å². The molecular weight excluding hydrogens is 520 g/mol. The lowest BCUT2D eigenvalue weighted by molar-refractivity contribution is -0.113. The second-order valence-electron chi connectivity index (χ2n) is 8.91. The van der Waals surface area contributed by atoms with E-state index >= 15 is 0 Å². The fraction of sp³-hybridized carbons (Fsp3) is 0.179. The van der Waals surface area contributed by atoms with E-state index in [0.717, 1.165) is 23.9 Å². The number of aliphatic imine (C=N–C) groups is 1. The van der Waals surface area contributed by atoms with Crippen LogP contribution in [-0.2, 0) is 11.2 Å². The Morgan fingerprint density at radius 3 is 2.74 bits per heavy atom. The zero-order chi connectivity index (χ0) is 27.5. The van der Waals surface area contributed by atoms with E-state index in [1.165, 1.54) is 18.3 Å². The van der Waals surface area contributed by atoms with Crippen molar-refractivity contribution in [2.45, 2.75) is 32.7 Å². The van der Waals surface area contributed by atoms with Gasteiger partial charge in [-0.3, -0.25) is 10.1 Å². The highest BCUT2D eigenvalue weighted by molar-refractivity contribution is 6.31. The largest absolute Gasteiger partial charge is 0.478 e. The van der Waals surface area contributed by atoms with Crippen molar-refractivity contribution >= 4 is 52.4 Å². The van der Waals surface area contributed by atoms with Gasteiger partial charge in [0.25, 0.3) is 5.91 Å². The molecule has 2 aromatic heterocycles. The number of carbonyl (C=O) groups is 2. The van der Waals surface area contributed by atoms with Gasteiger partial charge in [0.15, 0.2) is 5.58 Å². The summed E-state index contributed by atoms with van der Waals surface area (Å²) in [4.78, 5) is 38.2. The number of rotatable bonds is 7. The zero-order valence-electron chi connectivity index (χ0n) is 21.2. The minimum Gasteiger partial charge on any atom is -0.478 e. The minimum atomic E-state index is -1.13. The van der Waals surface area contributed by atoms with Crippen molar-refractivity contribution in [2.24, 2.45) is 4.99 Å². The molecule has 198 valence electrons. The second kappa shape index (κ2) is 11.0. The van der Waals surface area contributed by atoms with Crippen LogP contribution in [0.5, 0.6) is 0 Å². The second-order valence-corrected chi connectivity index (χ2v) is 9.32. The van der Waals surface area contributed by atoms with Crippen LogP contribution >= 0.6 is 11.6 Å². The van der Waals surface area contributed by atoms with Crippen LogP contribution in [0.1, 0.15) is 47.8 Å². The number of hydrogen-bond donors (Lipinski definition) is 4. The number of para-hydroxylation sites is 1. The van der Waals surface area contributed by atoms with Crippen molar-refractivity contribution in [3.8, 4) is 0 Å². The third-order valence-corrected chi connectivity index (χ3v) is 6.52. The Kier molecular flexibility index (Phi) is 7.29. The van der Waals surface area contributed by atoms with Gasteiger partial charge in [-0.2, -0.15) is 4.98 Å². The molecule has 0 spiro atoms. The van der Waals surface area contributed by atoms with Crippen molar-refractivity contribution in [3.05, 3.63) is 93.8 Å². The third kappa shape index (κ3) is 5.46. The van der Waals surface area contributed by atoms with E-state index < -0.39 is 17.9 Å². The molecule has 4 N–H and O–H groups in total. The highest BCUT2D eigenvalue weighted by Crippen LogP contribution is 2.35. The fourth-order valence-electron chi connectivity index (χ4n) is 4.40. The van der Waals surface area contributed by atoms with Gasteiger partial charge in [-0.1, -0.05) is 55.3 Å². The molecule has 0 aliphatic carbocycles. The number of pyridine rings is 1. The lowest BCUT2D eigenvalue weighted by atomic mass is 9.95. The van der Waals surface area contributed by atoms with Crippen LogP contribution < -0.4 is 16.0 Å². The molecule has 11 heteroatoms. The van der Waals surface area contributed by atoms with Crippen molar-refractivity contribution in [2.75, 3.05) is 10.6 Å². The summed E-state index contributed by atoms with van der Waals surface area (Å²) in [6.45, 7) is 3.84. The highest BCUT2D eigenvalue weighted by Gasteiger charge is 2.31. The number of anilines is 2. The number of aryl methyl sites for hydroxylation is 1. The Balaban J connectivity index is 1.48. The quantitative estimate of drug-likeness (QED) is 0.237. The summed E-state index contributed by atoms with van der Waals surface area (Å²) in [5.41, 5.74) is 3.92. The first-order chi connectivity index (χ1) is 18.8. The first-order valence-electron chi connectivity index (χ1n) is 12.3. The summed E-state index contributed by atoms with van der Waals surface area (Å²) in [6.07, 6.45) is 3.16. The maximum Gasteiger partial charge on any atom is 0.335 e. The number of oxazole rings is 1. The van der Waals surface area contributed by atoms with Crippen LogP contribution in [-0.4, -0.2) is 32.9 Å². The number of allylic oxidation sites excluding steroid dienone is 1. The molecule has 1 aliphatic rings. The number of fused-ring (bicyclic) bond motifs is 1. The summed E-state index contributed by atoms with van der Waals surface area (Å²) in [7, 11) is 0. The molecule has 10 nitrogen and oxygen atoms in total. The molecule has 1 aliphatic heterocycles. The van der Waals surface area contributed by atoms with Crippen LogP contribution in [0.3, 0.4) is 0 Å². The number of hydrogen-bond acceptors (Lipinski definition) is 8. The minimum absolute atomic E-state index is 0.000334. The number of nitrogens with one attached hydrogen (secondary N) is 3. The Hall–Kier alpha value is -4.70. The molecule has 0 fully saturated rings. The summed E-state index contributed by atoms with van der Waals surface area (Å²) in [6, 6.07) is 15.1. The molecule has 2 aromatic carbocycles. The lowest BCUT2D eigenvalue weighted by Gasteiger charge is -2.26. The van der Waals surface area contributed by atoms with Gasteiger partial charge in [0.05, 0.1) is 11.1 Å². The van der Waals surface area contributed by atoms with Crippen molar-refractivity contribution < 1.29 is 19.1 Å². The molecule has 4 aromatic rings. The van der Waals surface area contributed by atoms with Gasteiger partial charge in [-0.15, -0.1) is 0 Å². The number of halogens is 1. The monoisotopic (exact) mass is 544 g/mol. The Morgan fingerprint density at radius 2 is 1.97 bits per heavy atom. The van der Waals surface area contributed by atoms with E-state index in [4.69, 9.17) is 21.0 Å². The summed E-state index contributed by atoms with van der Waals surface area (Å²) < 4.78 is 6.02. The lowest BCUT2D eigenvalue weighted by Crippen LogP contribution is -2.37. The van der Waals surface area contributed by atoms with Crippen LogP contribution in [0.25, 0.3) is 11.1 Å². The highest BCUT2D eigenvalue weighted by atomic mass is 35.5. The van der Waals surface area contributed by atoms with Gasteiger partial charge < -0.3 is 20.2 Å². The topological polar surface area (TPSA) is 142 Å². The molecule has 5 rings (SSSR count). The number of aromatic carboxylic acids is 1. The first-order valence-corrected chi connectivity index (χ1v) is 12.7. The van der Waals surface area contributed by atoms with Gasteiger partial charge in [0.1, 0.15) is 17.4 Å². The van der Waals surface area contributed by atoms with Crippen LogP contribution in [0.4, 0.5) is 11.8 Å². The average Bonchev–Trinajstić information content (AvgIpc) is 3.32. The number of carboxylic acids is 1. The maximum absolute atomic E-state index is 13.5. The standard InChI is InChI=1S/C28H25ClN6O4/c1-3-7-16-8-6-11-20-24(16)39-28(32-20)35-27-31-15(2)22(23(34-27)18-9-4-5-10-19(18)29)25(36)33-21-14-17(26(37)38)12-13-30-21/h4-6,8-14,23H,3,7H2,1-2H3,(H,37,38)(H,30,33,36)(H2,31,32,34,35). The smallest absolute Gasteiger partial charge is 0.335 e. The Bertz CT molecular complexity index is 1640. The number of nitrogens with zero attached hydrogens (tertiary/aromatic N) is 3. The molecule has 3 heterocycles. The van der Waals surface area contributed by atoms with Gasteiger partial charge in [0, 0.05) is 22.5 Å². The average molecular weight is 545 g/mol. The van der Waals surface area contributed by atoms with E-state index in [1.807, 2.05) is 24.3 Å². The zero-order valence-corrected chi connectivity index (χ0v) is 21.9. The van der Waals surface area contributed by atoms with Gasteiger partial charge in [0.2, 0.25) is 5.96 Å². The number of guanidine groups is 1. The van der Waals surface area contributed by atoms with Crippen molar-refractivity contribution in [1.29, 1.82) is 0 Å². The summed E-state index contributed by atoms with van der Waals surface area (Å²) in [5, 5.41) is 18.6. The molecule has 0 saturated heterocycles. The van der Waals surface area contributed by atoms with Crippen molar-refractivity contribution in [1.82, 2.24) is 15.3 Å². The van der Waals surface area contributed by atoms with E-state index in [2.05, 4.69) is 32.8 Å². The van der Waals surface area contributed by atoms with Gasteiger partial charge in [-0.05, 0) is 43.2 Å². The normalized spacial score (nSPS) is 15.1. The number of aromatic nitrogens is 2. The molecule has 0 saturated carbocycles. The predicted octanol–water partition coefficient (Wildman–Crippen LogP) is 5.55. The molecule has 0 bridgehead atoms. The number of carbonyl (C=O) groups excluding carboxylic acids is 1. The summed E-state index contributed by atoms with van der Waals surface area (Å²) in [5.74, 6) is -1.21. The number of carboxylic acid groups (broad SMARTS) is 1. The molecule has 1 amide bonds.